The molecule has 0 fully saturated rings. The molecule has 1 heterocycles. The second-order valence-corrected chi connectivity index (χ2v) is 5.31. The van der Waals surface area contributed by atoms with Crippen LogP contribution in [0.1, 0.15) is 42.2 Å². The van der Waals surface area contributed by atoms with Crippen molar-refractivity contribution in [1.82, 2.24) is 9.97 Å². The Morgan fingerprint density at radius 1 is 1.25 bits per heavy atom. The van der Waals surface area contributed by atoms with Gasteiger partial charge >= 0.3 is 5.97 Å². The second kappa shape index (κ2) is 8.05. The van der Waals surface area contributed by atoms with Gasteiger partial charge in [-0.3, -0.25) is 4.79 Å². The number of hydrogen-bond donors (Lipinski definition) is 2. The SMILES string of the molecule is CC[C@@H](C)c1ccccc1NC(=O)COC(=O)c1nccnc1N. The molecule has 126 valence electrons. The van der Waals surface area contributed by atoms with Crippen LogP contribution in [0.4, 0.5) is 11.5 Å². The van der Waals surface area contributed by atoms with Crippen LogP contribution in [0.15, 0.2) is 36.7 Å². The Hall–Kier alpha value is -2.96. The number of amides is 1. The topological polar surface area (TPSA) is 107 Å². The monoisotopic (exact) mass is 328 g/mol. The first-order valence-corrected chi connectivity index (χ1v) is 7.65. The molecule has 0 aliphatic rings. The lowest BCUT2D eigenvalue weighted by Gasteiger charge is -2.15. The molecule has 3 N–H and O–H groups in total. The minimum atomic E-state index is -0.786. The zero-order chi connectivity index (χ0) is 17.5. The van der Waals surface area contributed by atoms with E-state index in [0.29, 0.717) is 11.6 Å². The molecule has 2 aromatic rings. The molecule has 0 radical (unpaired) electrons. The number of nitrogens with one attached hydrogen (secondary N) is 1. The van der Waals surface area contributed by atoms with Gasteiger partial charge in [-0.15, -0.1) is 0 Å². The summed E-state index contributed by atoms with van der Waals surface area (Å²) in [7, 11) is 0. The minimum Gasteiger partial charge on any atom is -0.451 e. The van der Waals surface area contributed by atoms with Gasteiger partial charge in [0.05, 0.1) is 0 Å². The largest absolute Gasteiger partial charge is 0.451 e. The van der Waals surface area contributed by atoms with Crippen molar-refractivity contribution < 1.29 is 14.3 Å². The summed E-state index contributed by atoms with van der Waals surface area (Å²) in [5.74, 6) is -0.944. The number of carbonyl (C=O) groups excluding carboxylic acids is 2. The van der Waals surface area contributed by atoms with Crippen molar-refractivity contribution in [3.05, 3.63) is 47.9 Å². The maximum absolute atomic E-state index is 12.0. The van der Waals surface area contributed by atoms with Gasteiger partial charge in [0.2, 0.25) is 0 Å². The van der Waals surface area contributed by atoms with Crippen molar-refractivity contribution in [3.8, 4) is 0 Å². The van der Waals surface area contributed by atoms with Gasteiger partial charge in [0.25, 0.3) is 5.91 Å². The second-order valence-electron chi connectivity index (χ2n) is 5.31. The molecule has 7 heteroatoms. The fraction of sp³-hybridized carbons (Fsp3) is 0.294. The van der Waals surface area contributed by atoms with E-state index in [1.54, 1.807) is 0 Å². The predicted octanol–water partition coefficient (Wildman–Crippen LogP) is 2.37. The number of carbonyl (C=O) groups is 2. The van der Waals surface area contributed by atoms with E-state index in [2.05, 4.69) is 29.1 Å². The van der Waals surface area contributed by atoms with Crippen LogP contribution in [-0.4, -0.2) is 28.5 Å². The van der Waals surface area contributed by atoms with Gasteiger partial charge in [-0.2, -0.15) is 0 Å². The third-order valence-electron chi connectivity index (χ3n) is 3.63. The first-order valence-electron chi connectivity index (χ1n) is 7.65. The quantitative estimate of drug-likeness (QED) is 0.788. The molecule has 1 amide bonds. The lowest BCUT2D eigenvalue weighted by Crippen LogP contribution is -2.22. The van der Waals surface area contributed by atoms with Gasteiger partial charge in [-0.05, 0) is 24.0 Å². The lowest BCUT2D eigenvalue weighted by atomic mass is 9.97. The van der Waals surface area contributed by atoms with E-state index in [-0.39, 0.29) is 11.5 Å². The third-order valence-corrected chi connectivity index (χ3v) is 3.63. The molecule has 1 aromatic heterocycles. The summed E-state index contributed by atoms with van der Waals surface area (Å²) in [6, 6.07) is 7.56. The standard InChI is InChI=1S/C17H20N4O3/c1-3-11(2)12-6-4-5-7-13(12)21-14(22)10-24-17(23)15-16(18)20-9-8-19-15/h4-9,11H,3,10H2,1-2H3,(H2,18,20)(H,21,22)/t11-/m1/s1. The Balaban J connectivity index is 1.97. The first kappa shape index (κ1) is 17.4. The number of hydrogen-bond acceptors (Lipinski definition) is 6. The van der Waals surface area contributed by atoms with E-state index in [4.69, 9.17) is 10.5 Å². The Kier molecular flexibility index (Phi) is 5.83. The molecular formula is C17H20N4O3. The number of ether oxygens (including phenoxy) is 1. The van der Waals surface area contributed by atoms with Crippen molar-refractivity contribution in [1.29, 1.82) is 0 Å². The van der Waals surface area contributed by atoms with E-state index in [1.165, 1.54) is 12.4 Å². The molecule has 0 unspecified atom stereocenters. The fourth-order valence-electron chi connectivity index (χ4n) is 2.15. The Morgan fingerprint density at radius 3 is 2.67 bits per heavy atom. The summed E-state index contributed by atoms with van der Waals surface area (Å²) in [5, 5.41) is 2.76. The Bertz CT molecular complexity index is 733. The molecule has 0 spiro atoms. The molecule has 24 heavy (non-hydrogen) atoms. The van der Waals surface area contributed by atoms with Crippen LogP contribution in [0.25, 0.3) is 0 Å². The van der Waals surface area contributed by atoms with Crippen LogP contribution in [0, 0.1) is 0 Å². The average Bonchev–Trinajstić information content (AvgIpc) is 2.60. The number of esters is 1. The fourth-order valence-corrected chi connectivity index (χ4v) is 2.15. The highest BCUT2D eigenvalue weighted by Gasteiger charge is 2.16. The number of aromatic nitrogens is 2. The van der Waals surface area contributed by atoms with Crippen molar-refractivity contribution in [2.75, 3.05) is 17.7 Å². The Labute approximate surface area is 140 Å². The zero-order valence-electron chi connectivity index (χ0n) is 13.7. The molecule has 0 aliphatic heterocycles. The van der Waals surface area contributed by atoms with Gasteiger partial charge in [0, 0.05) is 18.1 Å². The smallest absolute Gasteiger partial charge is 0.361 e. The van der Waals surface area contributed by atoms with E-state index in [0.717, 1.165) is 12.0 Å². The van der Waals surface area contributed by atoms with Crippen LogP contribution < -0.4 is 11.1 Å². The summed E-state index contributed by atoms with van der Waals surface area (Å²) in [5.41, 5.74) is 7.19. The van der Waals surface area contributed by atoms with Gasteiger partial charge in [0.15, 0.2) is 18.1 Å². The molecule has 0 saturated carbocycles. The van der Waals surface area contributed by atoms with Gasteiger partial charge in [0.1, 0.15) is 0 Å². The molecular weight excluding hydrogens is 308 g/mol. The van der Waals surface area contributed by atoms with Crippen LogP contribution in [0.5, 0.6) is 0 Å². The average molecular weight is 328 g/mol. The van der Waals surface area contributed by atoms with E-state index >= 15 is 0 Å². The zero-order valence-corrected chi connectivity index (χ0v) is 13.7. The normalized spacial score (nSPS) is 11.6. The number of rotatable bonds is 6. The maximum Gasteiger partial charge on any atom is 0.361 e. The number of nitrogen functional groups attached to an aromatic ring is 1. The summed E-state index contributed by atoms with van der Waals surface area (Å²) in [6.07, 6.45) is 3.65. The van der Waals surface area contributed by atoms with Crippen LogP contribution in [0.3, 0.4) is 0 Å². The number of anilines is 2. The molecule has 1 atom stereocenters. The molecule has 7 nitrogen and oxygen atoms in total. The highest BCUT2D eigenvalue weighted by molar-refractivity contribution is 5.96. The van der Waals surface area contributed by atoms with Crippen LogP contribution in [-0.2, 0) is 9.53 Å². The number of nitrogens with zero attached hydrogens (tertiary/aromatic N) is 2. The lowest BCUT2D eigenvalue weighted by molar-refractivity contribution is -0.119. The summed E-state index contributed by atoms with van der Waals surface area (Å²) in [4.78, 5) is 31.4. The number of para-hydroxylation sites is 1. The highest BCUT2D eigenvalue weighted by atomic mass is 16.5. The van der Waals surface area contributed by atoms with E-state index in [1.807, 2.05) is 24.3 Å². The van der Waals surface area contributed by atoms with Crippen molar-refractivity contribution in [2.45, 2.75) is 26.2 Å². The minimum absolute atomic E-state index is 0.0370. The summed E-state index contributed by atoms with van der Waals surface area (Å²) < 4.78 is 4.94. The Morgan fingerprint density at radius 2 is 1.96 bits per heavy atom. The molecule has 2 rings (SSSR count). The molecule has 1 aromatic carbocycles. The number of benzene rings is 1. The van der Waals surface area contributed by atoms with Gasteiger partial charge in [-0.1, -0.05) is 32.0 Å². The van der Waals surface area contributed by atoms with Gasteiger partial charge < -0.3 is 15.8 Å². The van der Waals surface area contributed by atoms with E-state index < -0.39 is 18.5 Å². The first-order chi connectivity index (χ1) is 11.5. The predicted molar refractivity (Wildman–Crippen MR) is 90.5 cm³/mol. The van der Waals surface area contributed by atoms with Crippen LogP contribution >= 0.6 is 0 Å². The van der Waals surface area contributed by atoms with Gasteiger partial charge in [-0.25, -0.2) is 14.8 Å². The third kappa shape index (κ3) is 4.28. The van der Waals surface area contributed by atoms with Crippen LogP contribution in [0.2, 0.25) is 0 Å². The van der Waals surface area contributed by atoms with E-state index in [9.17, 15) is 9.59 Å². The molecule has 0 bridgehead atoms. The van der Waals surface area contributed by atoms with Crippen molar-refractivity contribution in [2.24, 2.45) is 0 Å². The highest BCUT2D eigenvalue weighted by Crippen LogP contribution is 2.26. The summed E-state index contributed by atoms with van der Waals surface area (Å²) in [6.45, 7) is 3.74. The maximum atomic E-state index is 12.0. The molecule has 0 aliphatic carbocycles. The number of nitrogens with two attached hydrogens (primary N) is 1. The van der Waals surface area contributed by atoms with Crippen molar-refractivity contribution >= 4 is 23.4 Å². The molecule has 0 saturated heterocycles. The van der Waals surface area contributed by atoms with Crippen molar-refractivity contribution in [3.63, 3.8) is 0 Å². The summed E-state index contributed by atoms with van der Waals surface area (Å²) >= 11 is 0.